The zero-order valence-corrected chi connectivity index (χ0v) is 14.8. The van der Waals surface area contributed by atoms with Gasteiger partial charge in [0.25, 0.3) is 0 Å². The lowest BCUT2D eigenvalue weighted by Crippen LogP contribution is -2.36. The Morgan fingerprint density at radius 1 is 1.12 bits per heavy atom. The van der Waals surface area contributed by atoms with E-state index in [0.29, 0.717) is 24.4 Å². The van der Waals surface area contributed by atoms with E-state index in [1.807, 2.05) is 30.5 Å². The smallest absolute Gasteiger partial charge is 0.213 e. The molecule has 0 unspecified atom stereocenters. The second-order valence-electron chi connectivity index (χ2n) is 7.10. The maximum Gasteiger partial charge on any atom is 0.213 e. The Morgan fingerprint density at radius 2 is 1.96 bits per heavy atom. The molecule has 3 rings (SSSR count). The fraction of sp³-hybridized carbons (Fsp3) is 0.476. The third-order valence-electron chi connectivity index (χ3n) is 4.59. The van der Waals surface area contributed by atoms with E-state index in [4.69, 9.17) is 4.74 Å². The molecule has 24 heavy (non-hydrogen) atoms. The van der Waals surface area contributed by atoms with Crippen molar-refractivity contribution in [2.45, 2.75) is 45.8 Å². The van der Waals surface area contributed by atoms with E-state index < -0.39 is 0 Å². The lowest BCUT2D eigenvalue weighted by molar-refractivity contribution is 0.132. The van der Waals surface area contributed by atoms with E-state index in [1.54, 1.807) is 0 Å². The highest BCUT2D eigenvalue weighted by Crippen LogP contribution is 2.31. The molecular formula is C21H28N2O. The number of piperidine rings is 1. The number of likely N-dealkylation sites (tertiary alicyclic amines) is 1. The van der Waals surface area contributed by atoms with Crippen LogP contribution in [-0.2, 0) is 6.61 Å². The van der Waals surface area contributed by atoms with Crippen LogP contribution < -0.4 is 4.74 Å². The van der Waals surface area contributed by atoms with E-state index in [1.165, 1.54) is 36.9 Å². The molecule has 2 heterocycles. The largest absolute Gasteiger partial charge is 0.473 e. The van der Waals surface area contributed by atoms with Crippen molar-refractivity contribution in [2.24, 2.45) is 5.92 Å². The Bertz CT molecular complexity index is 609. The minimum absolute atomic E-state index is 0.511. The Labute approximate surface area is 145 Å². The van der Waals surface area contributed by atoms with Gasteiger partial charge in [0.2, 0.25) is 5.88 Å². The number of nitrogens with zero attached hydrogens (tertiary/aromatic N) is 2. The van der Waals surface area contributed by atoms with Gasteiger partial charge in [0, 0.05) is 24.8 Å². The van der Waals surface area contributed by atoms with Crippen LogP contribution in [0.15, 0.2) is 48.7 Å². The second kappa shape index (κ2) is 8.29. The zero-order valence-electron chi connectivity index (χ0n) is 14.8. The maximum absolute atomic E-state index is 5.80. The summed E-state index contributed by atoms with van der Waals surface area (Å²) in [5, 5.41) is 0. The molecule has 0 bridgehead atoms. The molecule has 1 aliphatic rings. The molecule has 0 aliphatic carbocycles. The van der Waals surface area contributed by atoms with Gasteiger partial charge in [-0.2, -0.15) is 0 Å². The van der Waals surface area contributed by atoms with E-state index in [9.17, 15) is 0 Å². The number of hydrogen-bond acceptors (Lipinski definition) is 3. The van der Waals surface area contributed by atoms with Crippen LogP contribution in [0.2, 0.25) is 0 Å². The molecule has 1 aliphatic heterocycles. The van der Waals surface area contributed by atoms with Crippen LogP contribution in [0.3, 0.4) is 0 Å². The molecule has 2 aromatic rings. The van der Waals surface area contributed by atoms with Crippen molar-refractivity contribution < 1.29 is 4.74 Å². The summed E-state index contributed by atoms with van der Waals surface area (Å²) in [6.45, 7) is 7.52. The fourth-order valence-corrected chi connectivity index (χ4v) is 3.46. The van der Waals surface area contributed by atoms with Crippen LogP contribution >= 0.6 is 0 Å². The van der Waals surface area contributed by atoms with E-state index in [2.05, 4.69) is 41.9 Å². The topological polar surface area (TPSA) is 25.4 Å². The summed E-state index contributed by atoms with van der Waals surface area (Å²) in [6, 6.07) is 14.9. The average Bonchev–Trinajstić information content (AvgIpc) is 2.61. The molecule has 1 saturated heterocycles. The summed E-state index contributed by atoms with van der Waals surface area (Å²) in [7, 11) is 0. The van der Waals surface area contributed by atoms with Crippen LogP contribution in [0.25, 0.3) is 0 Å². The summed E-state index contributed by atoms with van der Waals surface area (Å²) >= 11 is 0. The summed E-state index contributed by atoms with van der Waals surface area (Å²) in [5.74, 6) is 1.40. The van der Waals surface area contributed by atoms with Crippen LogP contribution in [0.5, 0.6) is 5.88 Å². The standard InChI is InChI=1S/C21H28N2O/c1-17(2)15-23-13-7-6-10-20(23)19-11-12-21(22-14-19)24-16-18-8-4-3-5-9-18/h3-5,8-9,11-12,14,17,20H,6-7,10,13,15-16H2,1-2H3/t20-/m0/s1. The molecule has 1 aromatic heterocycles. The van der Waals surface area contributed by atoms with E-state index >= 15 is 0 Å². The summed E-state index contributed by atoms with van der Waals surface area (Å²) in [6.07, 6.45) is 5.86. The van der Waals surface area contributed by atoms with Gasteiger partial charge in [0.1, 0.15) is 6.61 Å². The number of benzene rings is 1. The molecule has 3 heteroatoms. The Hall–Kier alpha value is -1.87. The molecule has 3 nitrogen and oxygen atoms in total. The highest BCUT2D eigenvalue weighted by atomic mass is 16.5. The zero-order chi connectivity index (χ0) is 16.8. The predicted octanol–water partition coefficient (Wildman–Crippen LogP) is 4.84. The monoisotopic (exact) mass is 324 g/mol. The summed E-state index contributed by atoms with van der Waals surface area (Å²) < 4.78 is 5.80. The Morgan fingerprint density at radius 3 is 2.67 bits per heavy atom. The first-order valence-corrected chi connectivity index (χ1v) is 9.09. The molecule has 1 aromatic carbocycles. The van der Waals surface area contributed by atoms with Crippen LogP contribution in [0, 0.1) is 5.92 Å². The van der Waals surface area contributed by atoms with Gasteiger partial charge < -0.3 is 4.74 Å². The van der Waals surface area contributed by atoms with Crippen molar-refractivity contribution in [3.8, 4) is 5.88 Å². The molecular weight excluding hydrogens is 296 g/mol. The molecule has 1 atom stereocenters. The lowest BCUT2D eigenvalue weighted by atomic mass is 9.95. The van der Waals surface area contributed by atoms with Gasteiger partial charge >= 0.3 is 0 Å². The SMILES string of the molecule is CC(C)CN1CCCC[C@H]1c1ccc(OCc2ccccc2)nc1. The van der Waals surface area contributed by atoms with Crippen molar-refractivity contribution in [2.75, 3.05) is 13.1 Å². The number of ether oxygens (including phenoxy) is 1. The molecule has 0 radical (unpaired) electrons. The number of hydrogen-bond donors (Lipinski definition) is 0. The normalized spacial score (nSPS) is 18.7. The van der Waals surface area contributed by atoms with Crippen molar-refractivity contribution >= 4 is 0 Å². The van der Waals surface area contributed by atoms with Gasteiger partial charge in [-0.1, -0.05) is 56.7 Å². The van der Waals surface area contributed by atoms with Gasteiger partial charge in [0.05, 0.1) is 0 Å². The quantitative estimate of drug-likeness (QED) is 0.760. The Balaban J connectivity index is 1.62. The molecule has 0 amide bonds. The number of pyridine rings is 1. The first-order valence-electron chi connectivity index (χ1n) is 9.09. The highest BCUT2D eigenvalue weighted by molar-refractivity contribution is 5.22. The third kappa shape index (κ3) is 4.57. The van der Waals surface area contributed by atoms with E-state index in [-0.39, 0.29) is 0 Å². The van der Waals surface area contributed by atoms with Gasteiger partial charge in [0.15, 0.2) is 0 Å². The van der Waals surface area contributed by atoms with Crippen LogP contribution in [-0.4, -0.2) is 23.0 Å². The third-order valence-corrected chi connectivity index (χ3v) is 4.59. The van der Waals surface area contributed by atoms with Crippen molar-refractivity contribution in [1.82, 2.24) is 9.88 Å². The average molecular weight is 324 g/mol. The van der Waals surface area contributed by atoms with Crippen LogP contribution in [0.1, 0.15) is 50.3 Å². The van der Waals surface area contributed by atoms with Gasteiger partial charge in [-0.15, -0.1) is 0 Å². The number of rotatable bonds is 6. The molecule has 0 N–H and O–H groups in total. The predicted molar refractivity (Wildman–Crippen MR) is 98.0 cm³/mol. The molecule has 0 saturated carbocycles. The van der Waals surface area contributed by atoms with Crippen molar-refractivity contribution in [3.63, 3.8) is 0 Å². The highest BCUT2D eigenvalue weighted by Gasteiger charge is 2.24. The minimum atomic E-state index is 0.511. The molecule has 1 fully saturated rings. The van der Waals surface area contributed by atoms with Gasteiger partial charge in [-0.3, -0.25) is 4.90 Å². The maximum atomic E-state index is 5.80. The fourth-order valence-electron chi connectivity index (χ4n) is 3.46. The molecule has 128 valence electrons. The van der Waals surface area contributed by atoms with Gasteiger partial charge in [-0.05, 0) is 36.4 Å². The first kappa shape index (κ1) is 17.0. The lowest BCUT2D eigenvalue weighted by Gasteiger charge is -2.37. The van der Waals surface area contributed by atoms with Crippen LogP contribution in [0.4, 0.5) is 0 Å². The Kier molecular flexibility index (Phi) is 5.86. The van der Waals surface area contributed by atoms with Crippen molar-refractivity contribution in [3.05, 3.63) is 59.8 Å². The van der Waals surface area contributed by atoms with E-state index in [0.717, 1.165) is 6.54 Å². The number of aromatic nitrogens is 1. The second-order valence-corrected chi connectivity index (χ2v) is 7.10. The summed E-state index contributed by atoms with van der Waals surface area (Å²) in [5.41, 5.74) is 2.49. The first-order chi connectivity index (χ1) is 11.7. The minimum Gasteiger partial charge on any atom is -0.473 e. The van der Waals surface area contributed by atoms with Crippen molar-refractivity contribution in [1.29, 1.82) is 0 Å². The van der Waals surface area contributed by atoms with Gasteiger partial charge in [-0.25, -0.2) is 4.98 Å². The summed E-state index contributed by atoms with van der Waals surface area (Å²) in [4.78, 5) is 7.15. The molecule has 0 spiro atoms.